The first kappa shape index (κ1) is 14.0. The van der Waals surface area contributed by atoms with Crippen molar-refractivity contribution in [3.8, 4) is 0 Å². The number of nitrogens with one attached hydrogen (secondary N) is 1. The Morgan fingerprint density at radius 2 is 2.21 bits per heavy atom. The van der Waals surface area contributed by atoms with E-state index in [1.807, 2.05) is 18.2 Å². The van der Waals surface area contributed by atoms with E-state index < -0.39 is 0 Å². The molecule has 0 aromatic heterocycles. The highest BCUT2D eigenvalue weighted by Gasteiger charge is 2.18. The highest BCUT2D eigenvalue weighted by Crippen LogP contribution is 2.15. The van der Waals surface area contributed by atoms with Crippen molar-refractivity contribution in [3.05, 3.63) is 35.4 Å². The van der Waals surface area contributed by atoms with Crippen LogP contribution < -0.4 is 11.3 Å². The normalized spacial score (nSPS) is 20.2. The second-order valence-corrected chi connectivity index (χ2v) is 4.93. The molecule has 1 aliphatic rings. The zero-order valence-electron chi connectivity index (χ0n) is 11.3. The molecule has 2 rings (SSSR count). The van der Waals surface area contributed by atoms with Crippen LogP contribution in [0.1, 0.15) is 18.1 Å². The highest BCUT2D eigenvalue weighted by molar-refractivity contribution is 5.78. The van der Waals surface area contributed by atoms with Crippen LogP contribution in [0, 0.1) is 0 Å². The monoisotopic (exact) mass is 263 g/mol. The van der Waals surface area contributed by atoms with Crippen LogP contribution >= 0.6 is 0 Å². The molecule has 0 bridgehead atoms. The van der Waals surface area contributed by atoms with Crippen LogP contribution in [0.3, 0.4) is 0 Å². The number of carbonyl (C=O) groups excluding carboxylic acids is 1. The van der Waals surface area contributed by atoms with Gasteiger partial charge < -0.3 is 4.74 Å². The van der Waals surface area contributed by atoms with E-state index in [1.54, 1.807) is 0 Å². The van der Waals surface area contributed by atoms with Gasteiger partial charge in [0.05, 0.1) is 19.1 Å². The van der Waals surface area contributed by atoms with Gasteiger partial charge in [-0.15, -0.1) is 0 Å². The number of morpholine rings is 1. The molecule has 1 unspecified atom stereocenters. The number of benzene rings is 1. The van der Waals surface area contributed by atoms with E-state index in [1.165, 1.54) is 5.56 Å². The third-order valence-corrected chi connectivity index (χ3v) is 3.35. The molecular weight excluding hydrogens is 242 g/mol. The third kappa shape index (κ3) is 4.02. The minimum Gasteiger partial charge on any atom is -0.376 e. The molecular formula is C14H21N3O2. The maximum absolute atomic E-state index is 11.4. The van der Waals surface area contributed by atoms with E-state index in [0.29, 0.717) is 6.42 Å². The van der Waals surface area contributed by atoms with Gasteiger partial charge in [0, 0.05) is 19.6 Å². The van der Waals surface area contributed by atoms with Crippen molar-refractivity contribution in [2.75, 3.05) is 19.7 Å². The SMILES string of the molecule is CC1CN(Cc2ccccc2CC(=O)NN)CCO1. The second kappa shape index (κ2) is 6.65. The van der Waals surface area contributed by atoms with E-state index in [0.717, 1.165) is 31.8 Å². The molecule has 104 valence electrons. The number of amides is 1. The Hall–Kier alpha value is -1.43. The van der Waals surface area contributed by atoms with Gasteiger partial charge in [-0.3, -0.25) is 15.1 Å². The Balaban J connectivity index is 2.04. The molecule has 1 amide bonds. The molecule has 0 aliphatic carbocycles. The summed E-state index contributed by atoms with van der Waals surface area (Å²) >= 11 is 0. The van der Waals surface area contributed by atoms with Crippen LogP contribution in [-0.4, -0.2) is 36.6 Å². The number of carbonyl (C=O) groups is 1. The summed E-state index contributed by atoms with van der Waals surface area (Å²) in [5, 5.41) is 0. The van der Waals surface area contributed by atoms with Crippen molar-refractivity contribution in [1.82, 2.24) is 10.3 Å². The summed E-state index contributed by atoms with van der Waals surface area (Å²) in [5.74, 6) is 4.98. The largest absolute Gasteiger partial charge is 0.376 e. The number of hydrogen-bond acceptors (Lipinski definition) is 4. The summed E-state index contributed by atoms with van der Waals surface area (Å²) in [4.78, 5) is 13.8. The minimum absolute atomic E-state index is 0.164. The first-order valence-electron chi connectivity index (χ1n) is 6.59. The molecule has 0 radical (unpaired) electrons. The van der Waals surface area contributed by atoms with Crippen molar-refractivity contribution in [2.24, 2.45) is 5.84 Å². The van der Waals surface area contributed by atoms with Crippen molar-refractivity contribution in [3.63, 3.8) is 0 Å². The smallest absolute Gasteiger partial charge is 0.238 e. The van der Waals surface area contributed by atoms with Gasteiger partial charge in [-0.25, -0.2) is 5.84 Å². The van der Waals surface area contributed by atoms with Crippen LogP contribution in [0.15, 0.2) is 24.3 Å². The number of hydrazine groups is 1. The second-order valence-electron chi connectivity index (χ2n) is 4.93. The first-order chi connectivity index (χ1) is 9.19. The maximum atomic E-state index is 11.4. The Morgan fingerprint density at radius 3 is 2.89 bits per heavy atom. The topological polar surface area (TPSA) is 67.6 Å². The Morgan fingerprint density at radius 1 is 1.47 bits per heavy atom. The molecule has 3 N–H and O–H groups in total. The lowest BCUT2D eigenvalue weighted by Crippen LogP contribution is -2.40. The number of nitrogens with zero attached hydrogens (tertiary/aromatic N) is 1. The lowest BCUT2D eigenvalue weighted by atomic mass is 10.0. The molecule has 0 saturated carbocycles. The fraction of sp³-hybridized carbons (Fsp3) is 0.500. The lowest BCUT2D eigenvalue weighted by molar-refractivity contribution is -0.120. The van der Waals surface area contributed by atoms with Crippen LogP contribution in [0.5, 0.6) is 0 Å². The van der Waals surface area contributed by atoms with Crippen LogP contribution in [0.4, 0.5) is 0 Å². The number of hydrogen-bond donors (Lipinski definition) is 2. The molecule has 1 heterocycles. The molecule has 1 aromatic rings. The van der Waals surface area contributed by atoms with Gasteiger partial charge in [0.1, 0.15) is 0 Å². The minimum atomic E-state index is -0.164. The molecule has 1 saturated heterocycles. The zero-order valence-corrected chi connectivity index (χ0v) is 11.3. The van der Waals surface area contributed by atoms with Gasteiger partial charge in [-0.05, 0) is 18.1 Å². The van der Waals surface area contributed by atoms with Crippen LogP contribution in [0.25, 0.3) is 0 Å². The summed E-state index contributed by atoms with van der Waals surface area (Å²) in [6.45, 7) is 5.56. The number of ether oxygens (including phenoxy) is 1. The van der Waals surface area contributed by atoms with Crippen molar-refractivity contribution >= 4 is 5.91 Å². The summed E-state index contributed by atoms with van der Waals surface area (Å²) in [6, 6.07) is 8.00. The van der Waals surface area contributed by atoms with Gasteiger partial charge in [-0.2, -0.15) is 0 Å². The summed E-state index contributed by atoms with van der Waals surface area (Å²) in [5.41, 5.74) is 4.39. The molecule has 1 aromatic carbocycles. The number of rotatable bonds is 4. The molecule has 1 atom stereocenters. The summed E-state index contributed by atoms with van der Waals surface area (Å²) in [6.07, 6.45) is 0.597. The maximum Gasteiger partial charge on any atom is 0.238 e. The van der Waals surface area contributed by atoms with Gasteiger partial charge >= 0.3 is 0 Å². The highest BCUT2D eigenvalue weighted by atomic mass is 16.5. The molecule has 1 aliphatic heterocycles. The van der Waals surface area contributed by atoms with E-state index in [2.05, 4.69) is 23.3 Å². The Kier molecular flexibility index (Phi) is 4.90. The van der Waals surface area contributed by atoms with Gasteiger partial charge in [0.25, 0.3) is 0 Å². The standard InChI is InChI=1S/C14H21N3O2/c1-11-9-17(6-7-19-11)10-13-5-3-2-4-12(13)8-14(18)16-15/h2-5,11H,6-10,15H2,1H3,(H,16,18). The van der Waals surface area contributed by atoms with Crippen LogP contribution in [-0.2, 0) is 22.5 Å². The molecule has 5 heteroatoms. The Bertz CT molecular complexity index is 436. The molecule has 1 fully saturated rings. The van der Waals surface area contributed by atoms with Crippen molar-refractivity contribution in [2.45, 2.75) is 26.0 Å². The van der Waals surface area contributed by atoms with Crippen molar-refractivity contribution < 1.29 is 9.53 Å². The van der Waals surface area contributed by atoms with Gasteiger partial charge in [0.2, 0.25) is 5.91 Å². The fourth-order valence-corrected chi connectivity index (χ4v) is 2.38. The average Bonchev–Trinajstić information content (AvgIpc) is 2.41. The predicted octanol–water partition coefficient (Wildman–Crippen LogP) is 0.440. The van der Waals surface area contributed by atoms with Crippen LogP contribution in [0.2, 0.25) is 0 Å². The molecule has 5 nitrogen and oxygen atoms in total. The molecule has 19 heavy (non-hydrogen) atoms. The average molecular weight is 263 g/mol. The quantitative estimate of drug-likeness (QED) is 0.470. The third-order valence-electron chi connectivity index (χ3n) is 3.35. The Labute approximate surface area is 113 Å². The molecule has 0 spiro atoms. The summed E-state index contributed by atoms with van der Waals surface area (Å²) < 4.78 is 5.54. The van der Waals surface area contributed by atoms with Crippen molar-refractivity contribution in [1.29, 1.82) is 0 Å². The summed E-state index contributed by atoms with van der Waals surface area (Å²) in [7, 11) is 0. The number of nitrogens with two attached hydrogens (primary N) is 1. The van der Waals surface area contributed by atoms with E-state index in [4.69, 9.17) is 10.6 Å². The zero-order chi connectivity index (χ0) is 13.7. The van der Waals surface area contributed by atoms with E-state index in [9.17, 15) is 4.79 Å². The fourth-order valence-electron chi connectivity index (χ4n) is 2.38. The van der Waals surface area contributed by atoms with E-state index >= 15 is 0 Å². The van der Waals surface area contributed by atoms with E-state index in [-0.39, 0.29) is 12.0 Å². The predicted molar refractivity (Wildman–Crippen MR) is 73.2 cm³/mol. The van der Waals surface area contributed by atoms with Gasteiger partial charge in [0.15, 0.2) is 0 Å². The van der Waals surface area contributed by atoms with Gasteiger partial charge in [-0.1, -0.05) is 24.3 Å². The lowest BCUT2D eigenvalue weighted by Gasteiger charge is -2.31. The first-order valence-corrected chi connectivity index (χ1v) is 6.59.